The standard InChI is InChI=1S/C35H42BrNO9/c1-23(2)30-22-44-35(41)37(30)34(40)28(17-25-11-6-4-7-12-25)33(45-24(3)39)32-18-29(36)31(46-32)15-10-16-42-21-27(19-38)43-20-26-13-8-5-9-14-26/h4-9,11-14,18,23,27-28,30,33,38H,10,15-17,19-22H2,1-3H3/t27-,28+,30-,33+/m1/s1. The van der Waals surface area contributed by atoms with E-state index in [0.29, 0.717) is 36.3 Å². The van der Waals surface area contributed by atoms with Gasteiger partial charge in [0, 0.05) is 20.0 Å². The maximum atomic E-state index is 14.1. The van der Waals surface area contributed by atoms with Gasteiger partial charge in [0.2, 0.25) is 5.91 Å². The summed E-state index contributed by atoms with van der Waals surface area (Å²) >= 11 is 3.56. The Balaban J connectivity index is 1.45. The second-order valence-electron chi connectivity index (χ2n) is 11.6. The number of aryl methyl sites for hydroxylation is 1. The zero-order valence-electron chi connectivity index (χ0n) is 26.4. The number of ether oxygens (including phenoxy) is 4. The highest BCUT2D eigenvalue weighted by atomic mass is 79.9. The molecule has 1 aliphatic rings. The monoisotopic (exact) mass is 699 g/mol. The zero-order chi connectivity index (χ0) is 33.1. The van der Waals surface area contributed by atoms with Crippen molar-refractivity contribution in [1.29, 1.82) is 0 Å². The van der Waals surface area contributed by atoms with E-state index in [1.54, 1.807) is 6.07 Å². The second-order valence-corrected chi connectivity index (χ2v) is 12.5. The van der Waals surface area contributed by atoms with Crippen LogP contribution in [0.2, 0.25) is 0 Å². The highest BCUT2D eigenvalue weighted by Gasteiger charge is 2.46. The third kappa shape index (κ3) is 9.75. The first-order valence-electron chi connectivity index (χ1n) is 15.5. The summed E-state index contributed by atoms with van der Waals surface area (Å²) in [6.07, 6.45) is -0.964. The van der Waals surface area contributed by atoms with Crippen molar-refractivity contribution in [2.75, 3.05) is 26.4 Å². The number of hydrogen-bond acceptors (Lipinski definition) is 9. The molecule has 1 fully saturated rings. The first-order valence-corrected chi connectivity index (χ1v) is 16.3. The summed E-state index contributed by atoms with van der Waals surface area (Å²) < 4.78 is 29.4. The third-order valence-corrected chi connectivity index (χ3v) is 8.44. The SMILES string of the molecule is CC(=O)O[C@H](c1cc(Br)c(CCCOC[C@@H](CO)OCc2ccccc2)o1)[C@H](Cc1ccccc1)C(=O)N1C(=O)OC[C@@H]1C(C)C. The molecule has 2 aromatic carbocycles. The minimum absolute atomic E-state index is 0.0328. The first kappa shape index (κ1) is 35.3. The Morgan fingerprint density at radius 2 is 1.74 bits per heavy atom. The third-order valence-electron chi connectivity index (χ3n) is 7.77. The number of benzene rings is 2. The number of aliphatic hydroxyl groups is 1. The number of furan rings is 1. The van der Waals surface area contributed by atoms with Crippen LogP contribution >= 0.6 is 15.9 Å². The van der Waals surface area contributed by atoms with Crippen LogP contribution in [0.1, 0.15) is 55.9 Å². The lowest BCUT2D eigenvalue weighted by molar-refractivity contribution is -0.155. The van der Waals surface area contributed by atoms with Gasteiger partial charge in [-0.2, -0.15) is 0 Å². The van der Waals surface area contributed by atoms with Gasteiger partial charge >= 0.3 is 12.1 Å². The number of nitrogens with zero attached hydrogens (tertiary/aromatic N) is 1. The lowest BCUT2D eigenvalue weighted by Crippen LogP contribution is -2.47. The predicted octanol–water partition coefficient (Wildman–Crippen LogP) is 6.04. The summed E-state index contributed by atoms with van der Waals surface area (Å²) in [7, 11) is 0. The number of halogens is 1. The average molecular weight is 701 g/mol. The Kier molecular flexibility index (Phi) is 13.4. The van der Waals surface area contributed by atoms with Crippen molar-refractivity contribution >= 4 is 33.9 Å². The number of carbonyl (C=O) groups is 3. The van der Waals surface area contributed by atoms with E-state index in [1.165, 1.54) is 6.92 Å². The van der Waals surface area contributed by atoms with Crippen LogP contribution in [0.3, 0.4) is 0 Å². The number of esters is 1. The lowest BCUT2D eigenvalue weighted by Gasteiger charge is -2.30. The molecule has 0 unspecified atom stereocenters. The number of amides is 2. The molecule has 0 bridgehead atoms. The van der Waals surface area contributed by atoms with Crippen molar-refractivity contribution in [3.05, 3.63) is 93.9 Å². The van der Waals surface area contributed by atoms with Crippen LogP contribution in [0.25, 0.3) is 0 Å². The zero-order valence-corrected chi connectivity index (χ0v) is 28.0. The number of hydrogen-bond donors (Lipinski definition) is 1. The molecule has 46 heavy (non-hydrogen) atoms. The molecule has 11 heteroatoms. The predicted molar refractivity (Wildman–Crippen MR) is 173 cm³/mol. The number of rotatable bonds is 17. The van der Waals surface area contributed by atoms with Crippen molar-refractivity contribution < 1.29 is 42.9 Å². The van der Waals surface area contributed by atoms with Crippen LogP contribution in [0, 0.1) is 11.8 Å². The fraction of sp³-hybridized carbons (Fsp3) is 0.457. The molecular weight excluding hydrogens is 658 g/mol. The van der Waals surface area contributed by atoms with Gasteiger partial charge in [-0.1, -0.05) is 74.5 Å². The maximum absolute atomic E-state index is 14.1. The van der Waals surface area contributed by atoms with E-state index in [9.17, 15) is 19.5 Å². The molecule has 3 aromatic rings. The molecule has 0 saturated carbocycles. The molecule has 4 atom stereocenters. The number of cyclic esters (lactones) is 1. The molecule has 10 nitrogen and oxygen atoms in total. The summed E-state index contributed by atoms with van der Waals surface area (Å²) in [5.41, 5.74) is 1.85. The Labute approximate surface area is 278 Å². The van der Waals surface area contributed by atoms with E-state index in [-0.39, 0.29) is 37.9 Å². The lowest BCUT2D eigenvalue weighted by atomic mass is 9.90. The molecule has 2 amide bonds. The highest BCUT2D eigenvalue weighted by Crippen LogP contribution is 2.37. The number of imide groups is 1. The summed E-state index contributed by atoms with van der Waals surface area (Å²) in [5.74, 6) is -1.19. The van der Waals surface area contributed by atoms with Crippen LogP contribution in [0.15, 0.2) is 75.6 Å². The molecule has 2 heterocycles. The van der Waals surface area contributed by atoms with Crippen molar-refractivity contribution in [2.24, 2.45) is 11.8 Å². The van der Waals surface area contributed by atoms with E-state index >= 15 is 0 Å². The van der Waals surface area contributed by atoms with Gasteiger partial charge in [0.25, 0.3) is 0 Å². The first-order chi connectivity index (χ1) is 22.2. The largest absolute Gasteiger partial charge is 0.461 e. The van der Waals surface area contributed by atoms with Crippen molar-refractivity contribution in [2.45, 2.75) is 64.9 Å². The van der Waals surface area contributed by atoms with E-state index in [1.807, 2.05) is 74.5 Å². The topological polar surface area (TPSA) is 125 Å². The van der Waals surface area contributed by atoms with Crippen LogP contribution in [-0.4, -0.2) is 66.5 Å². The van der Waals surface area contributed by atoms with E-state index in [4.69, 9.17) is 23.4 Å². The number of carbonyl (C=O) groups excluding carboxylic acids is 3. The van der Waals surface area contributed by atoms with Crippen molar-refractivity contribution in [3.8, 4) is 0 Å². The molecule has 1 aliphatic heterocycles. The van der Waals surface area contributed by atoms with E-state index < -0.39 is 42.1 Å². The van der Waals surface area contributed by atoms with Crippen LogP contribution in [0.5, 0.6) is 0 Å². The van der Waals surface area contributed by atoms with Gasteiger partial charge in [-0.15, -0.1) is 0 Å². The van der Waals surface area contributed by atoms with Crippen LogP contribution < -0.4 is 0 Å². The van der Waals surface area contributed by atoms with Gasteiger partial charge in [0.1, 0.15) is 24.2 Å². The molecule has 0 spiro atoms. The van der Waals surface area contributed by atoms with E-state index in [2.05, 4.69) is 15.9 Å². The maximum Gasteiger partial charge on any atom is 0.416 e. The molecule has 0 aliphatic carbocycles. The average Bonchev–Trinajstić information content (AvgIpc) is 3.62. The Morgan fingerprint density at radius 1 is 1.07 bits per heavy atom. The van der Waals surface area contributed by atoms with Crippen molar-refractivity contribution in [1.82, 2.24) is 4.90 Å². The molecule has 248 valence electrons. The smallest absolute Gasteiger partial charge is 0.416 e. The van der Waals surface area contributed by atoms with Gasteiger partial charge in [0.05, 0.1) is 36.3 Å². The van der Waals surface area contributed by atoms with Crippen molar-refractivity contribution in [3.63, 3.8) is 0 Å². The highest BCUT2D eigenvalue weighted by molar-refractivity contribution is 9.10. The molecule has 0 radical (unpaired) electrons. The minimum Gasteiger partial charge on any atom is -0.461 e. The van der Waals surface area contributed by atoms with Gasteiger partial charge in [-0.05, 0) is 51.9 Å². The molecule has 4 rings (SSSR count). The fourth-order valence-electron chi connectivity index (χ4n) is 5.30. The Hall–Kier alpha value is -3.51. The molecule has 1 N–H and O–H groups in total. The molecular formula is C35H42BrNO9. The van der Waals surface area contributed by atoms with Gasteiger partial charge in [-0.3, -0.25) is 9.59 Å². The van der Waals surface area contributed by atoms with Gasteiger partial charge in [-0.25, -0.2) is 9.69 Å². The summed E-state index contributed by atoms with van der Waals surface area (Å²) in [6, 6.07) is 20.3. The Bertz CT molecular complexity index is 1410. The van der Waals surface area contributed by atoms with Gasteiger partial charge < -0.3 is 28.5 Å². The van der Waals surface area contributed by atoms with E-state index in [0.717, 1.165) is 16.0 Å². The normalized spacial score (nSPS) is 16.7. The van der Waals surface area contributed by atoms with Gasteiger partial charge in [0.15, 0.2) is 6.10 Å². The number of aliphatic hydroxyl groups excluding tert-OH is 1. The second kappa shape index (κ2) is 17.4. The molecule has 1 aromatic heterocycles. The van der Waals surface area contributed by atoms with Crippen LogP contribution in [-0.2, 0) is 48.0 Å². The fourth-order valence-corrected chi connectivity index (χ4v) is 5.80. The minimum atomic E-state index is -1.10. The summed E-state index contributed by atoms with van der Waals surface area (Å²) in [6.45, 7) is 6.08. The Morgan fingerprint density at radius 3 is 2.37 bits per heavy atom. The quantitative estimate of drug-likeness (QED) is 0.133. The summed E-state index contributed by atoms with van der Waals surface area (Å²) in [5, 5.41) is 9.68. The van der Waals surface area contributed by atoms with Crippen LogP contribution in [0.4, 0.5) is 4.79 Å². The molecule has 1 saturated heterocycles. The summed E-state index contributed by atoms with van der Waals surface area (Å²) in [4.78, 5) is 40.5.